The predicted molar refractivity (Wildman–Crippen MR) is 117 cm³/mol. The number of nitrogens with zero attached hydrogens (tertiary/aromatic N) is 1. The minimum atomic E-state index is -4.93. The molecule has 1 aliphatic carbocycles. The van der Waals surface area contributed by atoms with Gasteiger partial charge in [0.25, 0.3) is 5.91 Å². The molecule has 2 amide bonds. The molecule has 37 heavy (non-hydrogen) atoms. The molecule has 200 valence electrons. The zero-order chi connectivity index (χ0) is 27.1. The van der Waals surface area contributed by atoms with Gasteiger partial charge in [-0.2, -0.15) is 26.3 Å². The topological polar surface area (TPSA) is 69.6 Å². The minimum Gasteiger partial charge on any atom is -0.379 e. The second-order valence-electron chi connectivity index (χ2n) is 9.28. The summed E-state index contributed by atoms with van der Waals surface area (Å²) < 4.78 is 92.1. The van der Waals surface area contributed by atoms with Gasteiger partial charge in [0, 0.05) is 17.7 Å². The van der Waals surface area contributed by atoms with Crippen molar-refractivity contribution in [1.29, 1.82) is 0 Å². The normalized spacial score (nSPS) is 20.0. The first kappa shape index (κ1) is 26.9. The highest BCUT2D eigenvalue weighted by Gasteiger charge is 2.42. The van der Waals surface area contributed by atoms with E-state index in [-0.39, 0.29) is 30.0 Å². The summed E-state index contributed by atoms with van der Waals surface area (Å²) in [5.74, 6) is -2.63. The molecule has 2 aromatic carbocycles. The van der Waals surface area contributed by atoms with Crippen molar-refractivity contribution < 1.29 is 45.4 Å². The molecule has 2 N–H and O–H groups in total. The maximum atomic E-state index is 14.6. The quantitative estimate of drug-likeness (QED) is 0.496. The van der Waals surface area contributed by atoms with E-state index >= 15 is 0 Å². The summed E-state index contributed by atoms with van der Waals surface area (Å²) in [4.78, 5) is 27.4. The molecular formula is C25H23F7N2O3. The number of aliphatic hydroxyl groups excluding tert-OH is 1. The lowest BCUT2D eigenvalue weighted by Gasteiger charge is -2.27. The number of nitrogens with one attached hydrogen (secondary N) is 1. The summed E-state index contributed by atoms with van der Waals surface area (Å²) in [6.07, 6.45) is -10.5. The highest BCUT2D eigenvalue weighted by atomic mass is 19.4. The van der Waals surface area contributed by atoms with Gasteiger partial charge in [-0.25, -0.2) is 4.39 Å². The van der Waals surface area contributed by atoms with Gasteiger partial charge in [0.05, 0.1) is 11.6 Å². The number of aliphatic hydroxyl groups is 1. The van der Waals surface area contributed by atoms with Crippen LogP contribution in [0, 0.1) is 11.7 Å². The van der Waals surface area contributed by atoms with Gasteiger partial charge in [0.15, 0.2) is 6.10 Å². The number of amides is 2. The van der Waals surface area contributed by atoms with Crippen LogP contribution in [0.3, 0.4) is 0 Å². The predicted octanol–water partition coefficient (Wildman–Crippen LogP) is 5.31. The van der Waals surface area contributed by atoms with Crippen LogP contribution in [0.5, 0.6) is 0 Å². The standard InChI is InChI=1S/C25H23F7N2O3/c26-18-12-16(24(27,28)29)8-9-17(18)20(13-6-7-13)33-22(36)19-5-2-10-34(19)23(37)15-4-1-3-14(11-15)21(35)25(30,31)32/h1,3-4,8-9,11-13,19-21,35H,2,5-7,10H2,(H,33,36)/t19-,20-,21-/m1/s1. The van der Waals surface area contributed by atoms with Gasteiger partial charge < -0.3 is 15.3 Å². The first-order valence-corrected chi connectivity index (χ1v) is 11.6. The molecule has 0 bridgehead atoms. The van der Waals surface area contributed by atoms with E-state index in [2.05, 4.69) is 5.32 Å². The Labute approximate surface area is 207 Å². The molecule has 0 aromatic heterocycles. The maximum Gasteiger partial charge on any atom is 0.418 e. The van der Waals surface area contributed by atoms with E-state index in [4.69, 9.17) is 0 Å². The molecule has 4 rings (SSSR count). The highest BCUT2D eigenvalue weighted by Crippen LogP contribution is 2.43. The van der Waals surface area contributed by atoms with Crippen molar-refractivity contribution in [2.24, 2.45) is 5.92 Å². The number of alkyl halides is 6. The van der Waals surface area contributed by atoms with Crippen molar-refractivity contribution in [1.82, 2.24) is 10.2 Å². The Balaban J connectivity index is 1.52. The third-order valence-corrected chi connectivity index (χ3v) is 6.63. The van der Waals surface area contributed by atoms with Crippen molar-refractivity contribution >= 4 is 11.8 Å². The van der Waals surface area contributed by atoms with Crippen LogP contribution in [-0.2, 0) is 11.0 Å². The van der Waals surface area contributed by atoms with E-state index in [1.807, 2.05) is 0 Å². The molecular weight excluding hydrogens is 509 g/mol. The number of benzene rings is 2. The zero-order valence-corrected chi connectivity index (χ0v) is 19.2. The van der Waals surface area contributed by atoms with Crippen LogP contribution in [0.2, 0.25) is 0 Å². The first-order valence-electron chi connectivity index (χ1n) is 11.6. The van der Waals surface area contributed by atoms with Crippen LogP contribution in [0.15, 0.2) is 42.5 Å². The molecule has 3 atom stereocenters. The smallest absolute Gasteiger partial charge is 0.379 e. The van der Waals surface area contributed by atoms with Gasteiger partial charge in [-0.3, -0.25) is 9.59 Å². The summed E-state index contributed by atoms with van der Waals surface area (Å²) in [6, 6.07) is 4.64. The van der Waals surface area contributed by atoms with E-state index < -0.39 is 59.3 Å². The van der Waals surface area contributed by atoms with Crippen LogP contribution in [0.25, 0.3) is 0 Å². The lowest BCUT2D eigenvalue weighted by atomic mass is 9.99. The molecule has 1 aliphatic heterocycles. The zero-order valence-electron chi connectivity index (χ0n) is 19.2. The molecule has 1 heterocycles. The average molecular weight is 532 g/mol. The number of hydrogen-bond acceptors (Lipinski definition) is 3. The lowest BCUT2D eigenvalue weighted by Crippen LogP contribution is -2.47. The SMILES string of the molecule is O=C(N[C@@H](c1ccc(C(F)(F)F)cc1F)C1CC1)[C@H]1CCCN1C(=O)c1cccc([C@@H](O)C(F)(F)F)c1. The van der Waals surface area contributed by atoms with Crippen molar-refractivity contribution in [3.63, 3.8) is 0 Å². The molecule has 1 saturated heterocycles. The van der Waals surface area contributed by atoms with Crippen LogP contribution < -0.4 is 5.32 Å². The highest BCUT2D eigenvalue weighted by molar-refractivity contribution is 5.98. The van der Waals surface area contributed by atoms with Crippen LogP contribution in [0.4, 0.5) is 30.7 Å². The van der Waals surface area contributed by atoms with Crippen molar-refractivity contribution in [2.45, 2.75) is 56.2 Å². The van der Waals surface area contributed by atoms with E-state index in [0.29, 0.717) is 25.3 Å². The van der Waals surface area contributed by atoms with E-state index in [9.17, 15) is 45.4 Å². The number of likely N-dealkylation sites (tertiary alicyclic amines) is 1. The number of hydrogen-bond donors (Lipinski definition) is 2. The molecule has 2 fully saturated rings. The fraction of sp³-hybridized carbons (Fsp3) is 0.440. The summed E-state index contributed by atoms with van der Waals surface area (Å²) in [5, 5.41) is 12.2. The third kappa shape index (κ3) is 5.89. The maximum absolute atomic E-state index is 14.6. The first-order chi connectivity index (χ1) is 17.3. The number of rotatable bonds is 6. The molecule has 0 radical (unpaired) electrons. The van der Waals surface area contributed by atoms with Gasteiger partial charge in [-0.05, 0) is 61.4 Å². The monoisotopic (exact) mass is 532 g/mol. The van der Waals surface area contributed by atoms with Crippen molar-refractivity contribution in [3.8, 4) is 0 Å². The molecule has 1 saturated carbocycles. The Hall–Kier alpha value is -3.15. The second kappa shape index (κ2) is 9.96. The molecule has 2 aromatic rings. The Morgan fingerprint density at radius 1 is 1.00 bits per heavy atom. The average Bonchev–Trinajstić information content (AvgIpc) is 3.55. The van der Waals surface area contributed by atoms with Crippen LogP contribution in [0.1, 0.15) is 64.9 Å². The van der Waals surface area contributed by atoms with Gasteiger partial charge in [0.1, 0.15) is 11.9 Å². The van der Waals surface area contributed by atoms with Crippen LogP contribution in [-0.4, -0.2) is 40.6 Å². The van der Waals surface area contributed by atoms with E-state index in [0.717, 1.165) is 24.3 Å². The Kier molecular flexibility index (Phi) is 7.24. The van der Waals surface area contributed by atoms with Crippen molar-refractivity contribution in [3.05, 3.63) is 70.5 Å². The number of halogens is 7. The van der Waals surface area contributed by atoms with Gasteiger partial charge in [-0.1, -0.05) is 18.2 Å². The summed E-state index contributed by atoms with van der Waals surface area (Å²) >= 11 is 0. The summed E-state index contributed by atoms with van der Waals surface area (Å²) in [6.45, 7) is 0.145. The molecule has 0 unspecified atom stereocenters. The third-order valence-electron chi connectivity index (χ3n) is 6.63. The molecule has 0 spiro atoms. The van der Waals surface area contributed by atoms with Gasteiger partial charge in [0.2, 0.25) is 5.91 Å². The minimum absolute atomic E-state index is 0.0893. The second-order valence-corrected chi connectivity index (χ2v) is 9.28. The fourth-order valence-corrected chi connectivity index (χ4v) is 4.56. The fourth-order valence-electron chi connectivity index (χ4n) is 4.56. The number of carbonyl (C=O) groups is 2. The molecule has 2 aliphatic rings. The van der Waals surface area contributed by atoms with Gasteiger partial charge in [-0.15, -0.1) is 0 Å². The van der Waals surface area contributed by atoms with E-state index in [1.54, 1.807) is 0 Å². The Morgan fingerprint density at radius 3 is 2.30 bits per heavy atom. The van der Waals surface area contributed by atoms with Gasteiger partial charge >= 0.3 is 12.4 Å². The molecule has 12 heteroatoms. The summed E-state index contributed by atoms with van der Waals surface area (Å²) in [7, 11) is 0. The largest absolute Gasteiger partial charge is 0.418 e. The summed E-state index contributed by atoms with van der Waals surface area (Å²) in [5.41, 5.74) is -1.91. The number of carbonyl (C=O) groups excluding carboxylic acids is 2. The Bertz CT molecular complexity index is 1180. The molecule has 5 nitrogen and oxygen atoms in total. The lowest BCUT2D eigenvalue weighted by molar-refractivity contribution is -0.206. The van der Waals surface area contributed by atoms with E-state index in [1.165, 1.54) is 17.0 Å². The Morgan fingerprint density at radius 2 is 1.70 bits per heavy atom. The van der Waals surface area contributed by atoms with Crippen LogP contribution >= 0.6 is 0 Å². The van der Waals surface area contributed by atoms with Crippen molar-refractivity contribution in [2.75, 3.05) is 6.54 Å².